The Kier molecular flexibility index (Phi) is 9.23. The number of hydrogen-bond donors (Lipinski definition) is 3. The van der Waals surface area contributed by atoms with Gasteiger partial charge in [-0.3, -0.25) is 0 Å². The van der Waals surface area contributed by atoms with Crippen LogP contribution in [0.25, 0.3) is 0 Å². The van der Waals surface area contributed by atoms with Crippen molar-refractivity contribution in [3.63, 3.8) is 0 Å². The van der Waals surface area contributed by atoms with Crippen LogP contribution >= 0.6 is 0 Å². The van der Waals surface area contributed by atoms with Gasteiger partial charge in [-0.05, 0) is 19.8 Å². The van der Waals surface area contributed by atoms with E-state index in [-0.39, 0.29) is 19.8 Å². The average molecular weight is 208 g/mol. The first-order chi connectivity index (χ1) is 6.66. The normalized spacial score (nSPS) is 15.4. The van der Waals surface area contributed by atoms with Crippen LogP contribution < -0.4 is 0 Å². The van der Waals surface area contributed by atoms with Crippen molar-refractivity contribution in [2.24, 2.45) is 0 Å². The number of rotatable bonds is 9. The summed E-state index contributed by atoms with van der Waals surface area (Å²) in [7, 11) is 0. The quantitative estimate of drug-likeness (QED) is 0.351. The van der Waals surface area contributed by atoms with Crippen molar-refractivity contribution in [3.05, 3.63) is 0 Å². The van der Waals surface area contributed by atoms with E-state index in [0.29, 0.717) is 13.0 Å². The molecule has 5 heteroatoms. The van der Waals surface area contributed by atoms with E-state index in [2.05, 4.69) is 0 Å². The first-order valence-electron chi connectivity index (χ1n) is 4.83. The first kappa shape index (κ1) is 13.8. The number of unbranched alkanes of at least 4 members (excludes halogenated alkanes) is 1. The Morgan fingerprint density at radius 1 is 1.14 bits per heavy atom. The van der Waals surface area contributed by atoms with Gasteiger partial charge in [-0.1, -0.05) is 0 Å². The fraction of sp³-hybridized carbons (Fsp3) is 1.00. The van der Waals surface area contributed by atoms with Gasteiger partial charge in [0.2, 0.25) is 0 Å². The van der Waals surface area contributed by atoms with Crippen molar-refractivity contribution in [3.8, 4) is 0 Å². The van der Waals surface area contributed by atoms with E-state index in [1.807, 2.05) is 0 Å². The maximum absolute atomic E-state index is 9.24. The summed E-state index contributed by atoms with van der Waals surface area (Å²) in [5, 5.41) is 26.5. The molecule has 2 atom stereocenters. The van der Waals surface area contributed by atoms with Crippen LogP contribution in [0.5, 0.6) is 0 Å². The molecule has 0 aliphatic carbocycles. The summed E-state index contributed by atoms with van der Waals surface area (Å²) in [5.74, 6) is 0. The van der Waals surface area contributed by atoms with Gasteiger partial charge in [0.05, 0.1) is 13.2 Å². The third kappa shape index (κ3) is 9.88. The Hall–Kier alpha value is -0.200. The standard InChI is InChI=1S/C9H20O5/c1-8(11)14-7-9(12)6-13-5-3-2-4-10/h8-12H,2-7H2,1H3. The van der Waals surface area contributed by atoms with E-state index < -0.39 is 12.4 Å². The molecule has 86 valence electrons. The highest BCUT2D eigenvalue weighted by molar-refractivity contribution is 4.51. The minimum Gasteiger partial charge on any atom is -0.396 e. The third-order valence-corrected chi connectivity index (χ3v) is 1.54. The molecule has 0 aliphatic heterocycles. The summed E-state index contributed by atoms with van der Waals surface area (Å²) in [5.41, 5.74) is 0. The molecule has 0 aromatic heterocycles. The van der Waals surface area contributed by atoms with Crippen LogP contribution in [0.2, 0.25) is 0 Å². The first-order valence-corrected chi connectivity index (χ1v) is 4.83. The van der Waals surface area contributed by atoms with Gasteiger partial charge >= 0.3 is 0 Å². The Morgan fingerprint density at radius 3 is 2.43 bits per heavy atom. The van der Waals surface area contributed by atoms with Crippen LogP contribution in [0.3, 0.4) is 0 Å². The van der Waals surface area contributed by atoms with Crippen LogP contribution in [0.15, 0.2) is 0 Å². The summed E-state index contributed by atoms with van der Waals surface area (Å²) < 4.78 is 9.87. The lowest BCUT2D eigenvalue weighted by atomic mass is 10.3. The van der Waals surface area contributed by atoms with Gasteiger partial charge in [0.25, 0.3) is 0 Å². The lowest BCUT2D eigenvalue weighted by Crippen LogP contribution is -2.24. The second kappa shape index (κ2) is 9.36. The summed E-state index contributed by atoms with van der Waals surface area (Å²) in [6.07, 6.45) is -0.0847. The van der Waals surface area contributed by atoms with Crippen LogP contribution in [-0.4, -0.2) is 54.1 Å². The smallest absolute Gasteiger partial charge is 0.151 e. The van der Waals surface area contributed by atoms with Gasteiger partial charge in [0.15, 0.2) is 6.29 Å². The summed E-state index contributed by atoms with van der Waals surface area (Å²) in [4.78, 5) is 0. The van der Waals surface area contributed by atoms with Gasteiger partial charge in [0.1, 0.15) is 6.10 Å². The minimum absolute atomic E-state index is 0.0671. The van der Waals surface area contributed by atoms with E-state index in [9.17, 15) is 5.11 Å². The van der Waals surface area contributed by atoms with Crippen LogP contribution in [0.4, 0.5) is 0 Å². The lowest BCUT2D eigenvalue weighted by Gasteiger charge is -2.12. The lowest BCUT2D eigenvalue weighted by molar-refractivity contribution is -0.119. The van der Waals surface area contributed by atoms with Crippen molar-refractivity contribution in [2.45, 2.75) is 32.2 Å². The number of ether oxygens (including phenoxy) is 2. The summed E-state index contributed by atoms with van der Waals surface area (Å²) in [6, 6.07) is 0. The van der Waals surface area contributed by atoms with Crippen molar-refractivity contribution >= 4 is 0 Å². The fourth-order valence-electron chi connectivity index (χ4n) is 0.834. The molecule has 14 heavy (non-hydrogen) atoms. The van der Waals surface area contributed by atoms with Crippen molar-refractivity contribution in [1.29, 1.82) is 0 Å². The molecule has 2 unspecified atom stereocenters. The van der Waals surface area contributed by atoms with E-state index in [4.69, 9.17) is 19.7 Å². The zero-order valence-corrected chi connectivity index (χ0v) is 8.56. The predicted molar refractivity (Wildman–Crippen MR) is 50.8 cm³/mol. The Labute approximate surface area is 84.3 Å². The molecule has 0 aromatic rings. The molecule has 0 saturated heterocycles. The summed E-state index contributed by atoms with van der Waals surface area (Å²) in [6.45, 7) is 2.42. The van der Waals surface area contributed by atoms with Gasteiger partial charge < -0.3 is 24.8 Å². The van der Waals surface area contributed by atoms with Crippen LogP contribution in [-0.2, 0) is 9.47 Å². The van der Waals surface area contributed by atoms with Crippen molar-refractivity contribution in [1.82, 2.24) is 0 Å². The Balaban J connectivity index is 3.14. The molecule has 0 aromatic carbocycles. The SMILES string of the molecule is CC(O)OCC(O)COCCCCO. The Bertz CT molecular complexity index is 118. The van der Waals surface area contributed by atoms with Gasteiger partial charge in [-0.25, -0.2) is 0 Å². The zero-order chi connectivity index (χ0) is 10.8. The largest absolute Gasteiger partial charge is 0.396 e. The summed E-state index contributed by atoms with van der Waals surface area (Å²) >= 11 is 0. The molecule has 0 radical (unpaired) electrons. The predicted octanol–water partition coefficient (Wildman–Crippen LogP) is -0.509. The number of hydrogen-bond acceptors (Lipinski definition) is 5. The van der Waals surface area contributed by atoms with E-state index >= 15 is 0 Å². The molecule has 0 heterocycles. The minimum atomic E-state index is -0.862. The van der Waals surface area contributed by atoms with Crippen molar-refractivity contribution < 1.29 is 24.8 Å². The molecule has 0 amide bonds. The van der Waals surface area contributed by atoms with Gasteiger partial charge in [-0.2, -0.15) is 0 Å². The van der Waals surface area contributed by atoms with Gasteiger partial charge in [0, 0.05) is 13.2 Å². The maximum atomic E-state index is 9.24. The highest BCUT2D eigenvalue weighted by Crippen LogP contribution is 1.93. The van der Waals surface area contributed by atoms with E-state index in [1.54, 1.807) is 0 Å². The highest BCUT2D eigenvalue weighted by Gasteiger charge is 2.05. The fourth-order valence-corrected chi connectivity index (χ4v) is 0.834. The molecular weight excluding hydrogens is 188 g/mol. The highest BCUT2D eigenvalue weighted by atomic mass is 16.6. The number of aliphatic hydroxyl groups is 3. The Morgan fingerprint density at radius 2 is 1.86 bits per heavy atom. The molecular formula is C9H20O5. The second-order valence-electron chi connectivity index (χ2n) is 3.09. The molecule has 0 saturated carbocycles. The number of aliphatic hydroxyl groups excluding tert-OH is 3. The topological polar surface area (TPSA) is 79.2 Å². The molecule has 0 bridgehead atoms. The molecule has 0 spiro atoms. The second-order valence-corrected chi connectivity index (χ2v) is 3.09. The van der Waals surface area contributed by atoms with Crippen LogP contribution in [0.1, 0.15) is 19.8 Å². The molecule has 0 aliphatic rings. The van der Waals surface area contributed by atoms with E-state index in [1.165, 1.54) is 6.92 Å². The van der Waals surface area contributed by atoms with Crippen LogP contribution in [0, 0.1) is 0 Å². The third-order valence-electron chi connectivity index (χ3n) is 1.54. The molecule has 5 nitrogen and oxygen atoms in total. The zero-order valence-electron chi connectivity index (χ0n) is 8.56. The average Bonchev–Trinajstić information content (AvgIpc) is 2.14. The van der Waals surface area contributed by atoms with Gasteiger partial charge in [-0.15, -0.1) is 0 Å². The monoisotopic (exact) mass is 208 g/mol. The van der Waals surface area contributed by atoms with E-state index in [0.717, 1.165) is 6.42 Å². The van der Waals surface area contributed by atoms with Crippen molar-refractivity contribution in [2.75, 3.05) is 26.4 Å². The molecule has 0 rings (SSSR count). The molecule has 0 fully saturated rings. The maximum Gasteiger partial charge on any atom is 0.151 e. The molecule has 3 N–H and O–H groups in total.